The third-order valence-electron chi connectivity index (χ3n) is 4.47. The topological polar surface area (TPSA) is 46.2 Å². The van der Waals surface area contributed by atoms with E-state index in [9.17, 15) is 34.8 Å². The minimum atomic E-state index is -4.59. The lowest BCUT2D eigenvalue weighted by molar-refractivity contribution is -0.138. The zero-order valence-electron chi connectivity index (χ0n) is 15.6. The second-order valence-corrected chi connectivity index (χ2v) is 8.32. The predicted octanol–water partition coefficient (Wildman–Crippen LogP) is 5.79. The van der Waals surface area contributed by atoms with Gasteiger partial charge in [-0.3, -0.25) is 0 Å². The fourth-order valence-electron chi connectivity index (χ4n) is 2.88. The maximum atomic E-state index is 12.9. The molecule has 3 aromatic rings. The first-order valence-electron chi connectivity index (χ1n) is 8.79. The molecule has 3 nitrogen and oxygen atoms in total. The molecular weight excluding hydrogens is 444 g/mol. The van der Waals surface area contributed by atoms with E-state index in [4.69, 9.17) is 0 Å². The summed E-state index contributed by atoms with van der Waals surface area (Å²) in [6, 6.07) is 13.4. The molecule has 0 aromatic heterocycles. The van der Waals surface area contributed by atoms with Crippen LogP contribution in [0.4, 0.5) is 26.3 Å². The van der Waals surface area contributed by atoms with Crippen molar-refractivity contribution < 1.29 is 34.8 Å². The third kappa shape index (κ3) is 5.45. The van der Waals surface area contributed by atoms with Gasteiger partial charge in [0.25, 0.3) is 0 Å². The van der Waals surface area contributed by atoms with E-state index in [1.807, 2.05) is 0 Å². The van der Waals surface area contributed by atoms with Gasteiger partial charge in [0.05, 0.1) is 22.1 Å². The number of rotatable bonds is 5. The molecule has 0 aliphatic heterocycles. The average Bonchev–Trinajstić information content (AvgIpc) is 2.72. The Hall–Kier alpha value is -2.85. The summed E-state index contributed by atoms with van der Waals surface area (Å²) >= 11 is 0. The molecule has 3 rings (SSSR count). The highest BCUT2D eigenvalue weighted by molar-refractivity contribution is 7.89. The first-order chi connectivity index (χ1) is 14.4. The molecule has 10 heteroatoms. The average molecular weight is 459 g/mol. The van der Waals surface area contributed by atoms with Gasteiger partial charge in [-0.25, -0.2) is 8.42 Å². The van der Waals surface area contributed by atoms with Gasteiger partial charge in [-0.15, -0.1) is 0 Å². The van der Waals surface area contributed by atoms with Crippen molar-refractivity contribution in [1.82, 2.24) is 4.72 Å². The van der Waals surface area contributed by atoms with Crippen LogP contribution in [0.5, 0.6) is 0 Å². The minimum Gasteiger partial charge on any atom is -0.207 e. The largest absolute Gasteiger partial charge is 0.416 e. The highest BCUT2D eigenvalue weighted by Crippen LogP contribution is 2.33. The Labute approximate surface area is 174 Å². The second-order valence-electron chi connectivity index (χ2n) is 6.61. The van der Waals surface area contributed by atoms with Gasteiger partial charge < -0.3 is 0 Å². The molecule has 0 radical (unpaired) electrons. The summed E-state index contributed by atoms with van der Waals surface area (Å²) in [5, 5.41) is 0. The van der Waals surface area contributed by atoms with Crippen molar-refractivity contribution in [2.45, 2.75) is 23.3 Å². The number of benzene rings is 3. The van der Waals surface area contributed by atoms with E-state index in [0.717, 1.165) is 48.5 Å². The molecule has 0 saturated carbocycles. The lowest BCUT2D eigenvalue weighted by Crippen LogP contribution is -2.29. The van der Waals surface area contributed by atoms with Crippen LogP contribution < -0.4 is 4.72 Å². The predicted molar refractivity (Wildman–Crippen MR) is 101 cm³/mol. The van der Waals surface area contributed by atoms with E-state index >= 15 is 0 Å². The van der Waals surface area contributed by atoms with Gasteiger partial charge in [-0.2, -0.15) is 31.1 Å². The summed E-state index contributed by atoms with van der Waals surface area (Å²) in [6.07, 6.45) is -9.18. The summed E-state index contributed by atoms with van der Waals surface area (Å²) in [6.45, 7) is 0. The van der Waals surface area contributed by atoms with Crippen LogP contribution in [0, 0.1) is 0 Å². The van der Waals surface area contributed by atoms with Gasteiger partial charge in [0.1, 0.15) is 0 Å². The lowest BCUT2D eigenvalue weighted by atomic mass is 9.97. The summed E-state index contributed by atoms with van der Waals surface area (Å²) in [4.78, 5) is -0.0983. The normalized spacial score (nSPS) is 12.9. The standard InChI is InChI=1S/C21H15F6NO2S/c22-20(23,24)16-10-6-14(7-11-16)19(15-8-12-17(13-9-15)21(25,26)27)28-31(29,30)18-4-2-1-3-5-18/h1-13,19,28H. The van der Waals surface area contributed by atoms with Crippen molar-refractivity contribution in [3.05, 3.63) is 101 Å². The summed E-state index contributed by atoms with van der Waals surface area (Å²) in [7, 11) is -4.13. The number of halogens is 6. The monoisotopic (exact) mass is 459 g/mol. The molecule has 0 atom stereocenters. The van der Waals surface area contributed by atoms with E-state index in [1.54, 1.807) is 6.07 Å². The van der Waals surface area contributed by atoms with Crippen molar-refractivity contribution in [3.63, 3.8) is 0 Å². The van der Waals surface area contributed by atoms with Crippen molar-refractivity contribution in [2.75, 3.05) is 0 Å². The molecule has 0 fully saturated rings. The SMILES string of the molecule is O=S(=O)(NC(c1ccc(C(F)(F)F)cc1)c1ccc(C(F)(F)F)cc1)c1ccccc1. The Kier molecular flexibility index (Phi) is 6.15. The Balaban J connectivity index is 2.04. The number of sulfonamides is 1. The number of nitrogens with one attached hydrogen (secondary N) is 1. The van der Waals surface area contributed by atoms with E-state index in [1.165, 1.54) is 24.3 Å². The van der Waals surface area contributed by atoms with Gasteiger partial charge in [0.15, 0.2) is 0 Å². The summed E-state index contributed by atoms with van der Waals surface area (Å²) < 4.78 is 105. The molecule has 31 heavy (non-hydrogen) atoms. The Bertz CT molecular complexity index is 1070. The van der Waals surface area contributed by atoms with Crippen molar-refractivity contribution in [3.8, 4) is 0 Å². The summed E-state index contributed by atoms with van der Waals surface area (Å²) in [5.74, 6) is 0. The number of hydrogen-bond donors (Lipinski definition) is 1. The van der Waals surface area contributed by atoms with Gasteiger partial charge in [-0.1, -0.05) is 42.5 Å². The highest BCUT2D eigenvalue weighted by atomic mass is 32.2. The number of alkyl halides is 6. The maximum absolute atomic E-state index is 12.9. The molecule has 0 aliphatic carbocycles. The van der Waals surface area contributed by atoms with Crippen LogP contribution in [0.25, 0.3) is 0 Å². The fourth-order valence-corrected chi connectivity index (χ4v) is 4.11. The van der Waals surface area contributed by atoms with Gasteiger partial charge in [0, 0.05) is 0 Å². The molecule has 0 heterocycles. The minimum absolute atomic E-state index is 0.0983. The van der Waals surface area contributed by atoms with Crippen LogP contribution in [0.15, 0.2) is 83.8 Å². The van der Waals surface area contributed by atoms with Crippen molar-refractivity contribution >= 4 is 10.0 Å². The fraction of sp³-hybridized carbons (Fsp3) is 0.143. The van der Waals surface area contributed by atoms with E-state index in [-0.39, 0.29) is 16.0 Å². The van der Waals surface area contributed by atoms with Crippen LogP contribution in [0.3, 0.4) is 0 Å². The van der Waals surface area contributed by atoms with Crippen LogP contribution in [0.2, 0.25) is 0 Å². The lowest BCUT2D eigenvalue weighted by Gasteiger charge is -2.21. The van der Waals surface area contributed by atoms with Crippen LogP contribution in [-0.2, 0) is 22.4 Å². The molecule has 0 spiro atoms. The smallest absolute Gasteiger partial charge is 0.207 e. The van der Waals surface area contributed by atoms with Crippen LogP contribution in [0.1, 0.15) is 28.3 Å². The van der Waals surface area contributed by atoms with E-state index in [2.05, 4.69) is 4.72 Å². The van der Waals surface area contributed by atoms with Crippen LogP contribution >= 0.6 is 0 Å². The summed E-state index contributed by atoms with van der Waals surface area (Å²) in [5.41, 5.74) is -1.61. The quantitative estimate of drug-likeness (QED) is 0.491. The van der Waals surface area contributed by atoms with Gasteiger partial charge in [0.2, 0.25) is 10.0 Å². The Morgan fingerprint density at radius 3 is 1.35 bits per heavy atom. The molecule has 0 saturated heterocycles. The van der Waals surface area contributed by atoms with Gasteiger partial charge >= 0.3 is 12.4 Å². The molecule has 3 aromatic carbocycles. The first-order valence-corrected chi connectivity index (χ1v) is 10.3. The molecule has 0 bridgehead atoms. The third-order valence-corrected chi connectivity index (χ3v) is 5.91. The van der Waals surface area contributed by atoms with Crippen molar-refractivity contribution in [2.24, 2.45) is 0 Å². The molecule has 0 aliphatic rings. The number of hydrogen-bond acceptors (Lipinski definition) is 2. The first kappa shape index (κ1) is 22.8. The Morgan fingerprint density at radius 2 is 1.00 bits per heavy atom. The van der Waals surface area contributed by atoms with E-state index in [0.29, 0.717) is 0 Å². The maximum Gasteiger partial charge on any atom is 0.416 e. The second kappa shape index (κ2) is 8.35. The Morgan fingerprint density at radius 1 is 0.613 bits per heavy atom. The van der Waals surface area contributed by atoms with Crippen LogP contribution in [-0.4, -0.2) is 8.42 Å². The van der Waals surface area contributed by atoms with Gasteiger partial charge in [-0.05, 0) is 47.5 Å². The molecule has 0 amide bonds. The zero-order valence-corrected chi connectivity index (χ0v) is 16.4. The highest BCUT2D eigenvalue weighted by Gasteiger charge is 2.32. The molecule has 164 valence electrons. The zero-order chi connectivity index (χ0) is 22.9. The molecular formula is C21H15F6NO2S. The van der Waals surface area contributed by atoms with Crippen molar-refractivity contribution in [1.29, 1.82) is 0 Å². The molecule has 1 N–H and O–H groups in total. The molecule has 0 unspecified atom stereocenters. The van der Waals surface area contributed by atoms with E-state index < -0.39 is 39.5 Å².